The van der Waals surface area contributed by atoms with Crippen molar-refractivity contribution in [2.75, 3.05) is 18.5 Å². The van der Waals surface area contributed by atoms with Gasteiger partial charge in [-0.25, -0.2) is 8.42 Å². The highest BCUT2D eigenvalue weighted by Crippen LogP contribution is 2.30. The maximum Gasteiger partial charge on any atom is 0.253 e. The molecule has 2 unspecified atom stereocenters. The molecule has 1 saturated heterocycles. The Labute approximate surface area is 161 Å². The van der Waals surface area contributed by atoms with E-state index in [0.717, 1.165) is 38.7 Å². The van der Waals surface area contributed by atoms with Crippen LogP contribution < -0.4 is 5.32 Å². The van der Waals surface area contributed by atoms with Crippen LogP contribution in [0.25, 0.3) is 0 Å². The van der Waals surface area contributed by atoms with E-state index >= 15 is 0 Å². The van der Waals surface area contributed by atoms with E-state index in [4.69, 9.17) is 9.47 Å². The molecule has 1 N–H and O–H groups in total. The first-order valence-electron chi connectivity index (χ1n) is 9.85. The van der Waals surface area contributed by atoms with E-state index in [2.05, 4.69) is 5.32 Å². The van der Waals surface area contributed by atoms with E-state index in [-0.39, 0.29) is 22.2 Å². The molecule has 150 valence electrons. The number of carbonyl (C=O) groups is 1. The predicted molar refractivity (Wildman–Crippen MR) is 104 cm³/mol. The molecule has 27 heavy (non-hydrogen) atoms. The molecule has 6 nitrogen and oxygen atoms in total. The Hall–Kier alpha value is -1.44. The number of amides is 1. The summed E-state index contributed by atoms with van der Waals surface area (Å²) in [6, 6.07) is 6.51. The van der Waals surface area contributed by atoms with Gasteiger partial charge in [-0.05, 0) is 57.2 Å². The second-order valence-electron chi connectivity index (χ2n) is 7.43. The summed E-state index contributed by atoms with van der Waals surface area (Å²) in [6.45, 7) is 2.83. The largest absolute Gasteiger partial charge is 0.376 e. The van der Waals surface area contributed by atoms with Crippen LogP contribution in [0.4, 0.5) is 5.69 Å². The van der Waals surface area contributed by atoms with E-state index < -0.39 is 15.9 Å². The maximum absolute atomic E-state index is 12.7. The molecule has 7 heteroatoms. The third kappa shape index (κ3) is 5.30. The number of benzene rings is 1. The standard InChI is InChI=1S/C20H29NO5S/c1-15(26-14-17-8-4-5-12-25-17)20(22)21-16-7-6-11-19(13-16)27(23,24)18-9-2-3-10-18/h6-7,11,13,15,17-18H,2-5,8-10,12,14H2,1H3,(H,21,22). The van der Waals surface area contributed by atoms with E-state index in [9.17, 15) is 13.2 Å². The molecular formula is C20H29NO5S. The van der Waals surface area contributed by atoms with Gasteiger partial charge in [0.25, 0.3) is 5.91 Å². The minimum absolute atomic E-state index is 0.0499. The van der Waals surface area contributed by atoms with Gasteiger partial charge in [-0.2, -0.15) is 0 Å². The summed E-state index contributed by atoms with van der Waals surface area (Å²) in [5.74, 6) is -0.291. The highest BCUT2D eigenvalue weighted by Gasteiger charge is 2.30. The van der Waals surface area contributed by atoms with Gasteiger partial charge >= 0.3 is 0 Å². The molecule has 1 aromatic rings. The van der Waals surface area contributed by atoms with Crippen molar-refractivity contribution < 1.29 is 22.7 Å². The van der Waals surface area contributed by atoms with Crippen molar-refractivity contribution >= 4 is 21.4 Å². The van der Waals surface area contributed by atoms with Gasteiger partial charge in [0, 0.05) is 12.3 Å². The topological polar surface area (TPSA) is 81.7 Å². The minimum Gasteiger partial charge on any atom is -0.376 e. The summed E-state index contributed by atoms with van der Waals surface area (Å²) in [7, 11) is -3.34. The van der Waals surface area contributed by atoms with Gasteiger partial charge in [0.15, 0.2) is 9.84 Å². The molecule has 0 spiro atoms. The van der Waals surface area contributed by atoms with E-state index in [0.29, 0.717) is 25.1 Å². The zero-order valence-electron chi connectivity index (χ0n) is 15.9. The monoisotopic (exact) mass is 395 g/mol. The number of sulfone groups is 1. The minimum atomic E-state index is -3.34. The first-order chi connectivity index (χ1) is 13.0. The van der Waals surface area contributed by atoms with Crippen LogP contribution >= 0.6 is 0 Å². The number of anilines is 1. The average molecular weight is 396 g/mol. The van der Waals surface area contributed by atoms with Crippen molar-refractivity contribution in [3.63, 3.8) is 0 Å². The molecule has 1 amide bonds. The predicted octanol–water partition coefficient (Wildman–Crippen LogP) is 3.32. The van der Waals surface area contributed by atoms with Crippen LogP contribution in [0.2, 0.25) is 0 Å². The van der Waals surface area contributed by atoms with Crippen LogP contribution in [0, 0.1) is 0 Å². The van der Waals surface area contributed by atoms with Crippen molar-refractivity contribution in [1.82, 2.24) is 0 Å². The molecule has 2 aliphatic rings. The van der Waals surface area contributed by atoms with Crippen molar-refractivity contribution in [3.05, 3.63) is 24.3 Å². The molecule has 1 aliphatic carbocycles. The van der Waals surface area contributed by atoms with E-state index in [1.807, 2.05) is 0 Å². The highest BCUT2D eigenvalue weighted by molar-refractivity contribution is 7.92. The summed E-state index contributed by atoms with van der Waals surface area (Å²) >= 11 is 0. The Morgan fingerprint density at radius 1 is 1.22 bits per heavy atom. The van der Waals surface area contributed by atoms with Crippen LogP contribution in [-0.2, 0) is 24.1 Å². The Balaban J connectivity index is 1.57. The van der Waals surface area contributed by atoms with Crippen LogP contribution in [0.3, 0.4) is 0 Å². The van der Waals surface area contributed by atoms with E-state index in [1.54, 1.807) is 31.2 Å². The van der Waals surface area contributed by atoms with Crippen LogP contribution in [-0.4, -0.2) is 45.0 Å². The Morgan fingerprint density at radius 3 is 2.67 bits per heavy atom. The molecule has 0 bridgehead atoms. The number of hydrogen-bond donors (Lipinski definition) is 1. The lowest BCUT2D eigenvalue weighted by Crippen LogP contribution is -2.32. The summed E-state index contributed by atoms with van der Waals surface area (Å²) in [5, 5.41) is 2.46. The lowest BCUT2D eigenvalue weighted by Gasteiger charge is -2.24. The summed E-state index contributed by atoms with van der Waals surface area (Å²) in [4.78, 5) is 12.7. The summed E-state index contributed by atoms with van der Waals surface area (Å²) in [6.07, 6.45) is 5.91. The molecule has 0 radical (unpaired) electrons. The number of nitrogens with one attached hydrogen (secondary N) is 1. The zero-order valence-corrected chi connectivity index (χ0v) is 16.7. The van der Waals surface area contributed by atoms with Gasteiger partial charge in [-0.15, -0.1) is 0 Å². The van der Waals surface area contributed by atoms with Crippen LogP contribution in [0.15, 0.2) is 29.2 Å². The van der Waals surface area contributed by atoms with Crippen molar-refractivity contribution in [2.24, 2.45) is 0 Å². The fraction of sp³-hybridized carbons (Fsp3) is 0.650. The van der Waals surface area contributed by atoms with Gasteiger partial charge < -0.3 is 14.8 Å². The fourth-order valence-electron chi connectivity index (χ4n) is 3.65. The molecular weight excluding hydrogens is 366 g/mol. The molecule has 1 saturated carbocycles. The smallest absolute Gasteiger partial charge is 0.253 e. The van der Waals surface area contributed by atoms with Crippen molar-refractivity contribution in [1.29, 1.82) is 0 Å². The maximum atomic E-state index is 12.7. The molecule has 1 aliphatic heterocycles. The third-order valence-corrected chi connectivity index (χ3v) is 7.61. The number of hydrogen-bond acceptors (Lipinski definition) is 5. The SMILES string of the molecule is CC(OCC1CCCCO1)C(=O)Nc1cccc(S(=O)(=O)C2CCCC2)c1. The van der Waals surface area contributed by atoms with Crippen LogP contribution in [0.1, 0.15) is 51.9 Å². The number of rotatable bonds is 7. The summed E-state index contributed by atoms with van der Waals surface area (Å²) < 4.78 is 36.7. The first kappa shape index (κ1) is 20.3. The molecule has 1 heterocycles. The number of ether oxygens (including phenoxy) is 2. The molecule has 0 aromatic heterocycles. The second-order valence-corrected chi connectivity index (χ2v) is 9.66. The number of carbonyl (C=O) groups excluding carboxylic acids is 1. The van der Waals surface area contributed by atoms with Gasteiger partial charge in [-0.1, -0.05) is 18.9 Å². The third-order valence-electron chi connectivity index (χ3n) is 5.35. The van der Waals surface area contributed by atoms with Gasteiger partial charge in [-0.3, -0.25) is 4.79 Å². The molecule has 3 rings (SSSR count). The zero-order chi connectivity index (χ0) is 19.3. The first-order valence-corrected chi connectivity index (χ1v) is 11.4. The van der Waals surface area contributed by atoms with E-state index in [1.165, 1.54) is 0 Å². The van der Waals surface area contributed by atoms with Crippen LogP contribution in [0.5, 0.6) is 0 Å². The average Bonchev–Trinajstić information content (AvgIpc) is 3.23. The lowest BCUT2D eigenvalue weighted by molar-refractivity contribution is -0.130. The molecule has 1 aromatic carbocycles. The van der Waals surface area contributed by atoms with Gasteiger partial charge in [0.2, 0.25) is 0 Å². The Morgan fingerprint density at radius 2 is 1.96 bits per heavy atom. The highest BCUT2D eigenvalue weighted by atomic mass is 32.2. The summed E-state index contributed by atoms with van der Waals surface area (Å²) in [5.41, 5.74) is 0.475. The molecule has 2 atom stereocenters. The Kier molecular flexibility index (Phi) is 6.89. The lowest BCUT2D eigenvalue weighted by atomic mass is 10.1. The Bertz CT molecular complexity index is 736. The second kappa shape index (κ2) is 9.17. The molecule has 2 fully saturated rings. The van der Waals surface area contributed by atoms with Crippen molar-refractivity contribution in [3.8, 4) is 0 Å². The quantitative estimate of drug-likeness (QED) is 0.766. The van der Waals surface area contributed by atoms with Gasteiger partial charge in [0.1, 0.15) is 6.10 Å². The van der Waals surface area contributed by atoms with Gasteiger partial charge in [0.05, 0.1) is 22.9 Å². The van der Waals surface area contributed by atoms with Crippen molar-refractivity contribution in [2.45, 2.75) is 74.2 Å². The fourth-order valence-corrected chi connectivity index (χ4v) is 5.55. The normalized spacial score (nSPS) is 22.5.